The van der Waals surface area contributed by atoms with Crippen molar-refractivity contribution >= 4 is 11.7 Å². The summed E-state index contributed by atoms with van der Waals surface area (Å²) in [5.74, 6) is -0.693. The summed E-state index contributed by atoms with van der Waals surface area (Å²) >= 11 is 0. The normalized spacial score (nSPS) is 23.5. The van der Waals surface area contributed by atoms with Crippen molar-refractivity contribution in [1.29, 1.82) is 0 Å². The topological polar surface area (TPSA) is 92.4 Å². The molecule has 1 aliphatic heterocycles. The summed E-state index contributed by atoms with van der Waals surface area (Å²) in [5.41, 5.74) is 6.20. The first-order valence-corrected chi connectivity index (χ1v) is 7.19. The summed E-state index contributed by atoms with van der Waals surface area (Å²) in [6.07, 6.45) is 2.10. The number of hydrogen-bond donors (Lipinski definition) is 3. The molecule has 21 heavy (non-hydrogen) atoms. The highest BCUT2D eigenvalue weighted by atomic mass is 16.3. The first kappa shape index (κ1) is 15.7. The van der Waals surface area contributed by atoms with Crippen LogP contribution in [-0.4, -0.2) is 35.5 Å². The molecule has 4 N–H and O–H groups in total. The number of rotatable bonds is 6. The van der Waals surface area contributed by atoms with Crippen molar-refractivity contribution in [2.45, 2.75) is 31.4 Å². The second kappa shape index (κ2) is 7.33. The van der Waals surface area contributed by atoms with Crippen LogP contribution in [0.1, 0.15) is 18.4 Å². The Kier molecular flexibility index (Phi) is 5.47. The van der Waals surface area contributed by atoms with Crippen LogP contribution in [0.25, 0.3) is 0 Å². The third-order valence-corrected chi connectivity index (χ3v) is 3.79. The lowest BCUT2D eigenvalue weighted by Crippen LogP contribution is -2.47. The molecule has 3 unspecified atom stereocenters. The largest absolute Gasteiger partial charge is 0.385 e. The maximum absolute atomic E-state index is 12.0. The van der Waals surface area contributed by atoms with Gasteiger partial charge in [-0.05, 0) is 30.9 Å². The number of aliphatic hydroxyl groups is 1. The van der Waals surface area contributed by atoms with E-state index in [2.05, 4.69) is 5.32 Å². The zero-order chi connectivity index (χ0) is 15.2. The van der Waals surface area contributed by atoms with Gasteiger partial charge in [-0.25, -0.2) is 0 Å². The quantitative estimate of drug-likeness (QED) is 0.698. The Morgan fingerprint density at radius 2 is 2.10 bits per heavy atom. The number of carbonyl (C=O) groups is 2. The lowest BCUT2D eigenvalue weighted by molar-refractivity contribution is -0.125. The Hall–Kier alpha value is -1.72. The van der Waals surface area contributed by atoms with Gasteiger partial charge in [0.05, 0.1) is 6.04 Å². The number of Topliss-reactive ketones (excluding diaryl/α,β-unsaturated/α-hetero) is 1. The van der Waals surface area contributed by atoms with Gasteiger partial charge in [0.15, 0.2) is 5.78 Å². The minimum absolute atomic E-state index is 0.0123. The second-order valence-corrected chi connectivity index (χ2v) is 5.47. The van der Waals surface area contributed by atoms with Crippen molar-refractivity contribution in [1.82, 2.24) is 5.32 Å². The molecule has 0 spiro atoms. The van der Waals surface area contributed by atoms with Crippen LogP contribution in [0.4, 0.5) is 0 Å². The number of benzene rings is 1. The molecule has 1 amide bonds. The number of carbonyl (C=O) groups excluding carboxylic acids is 2. The minimum atomic E-state index is -1.03. The van der Waals surface area contributed by atoms with Gasteiger partial charge in [0.2, 0.25) is 5.91 Å². The average Bonchev–Trinajstić information content (AvgIpc) is 2.48. The zero-order valence-corrected chi connectivity index (χ0v) is 11.9. The van der Waals surface area contributed by atoms with Crippen LogP contribution in [-0.2, 0) is 16.0 Å². The van der Waals surface area contributed by atoms with Gasteiger partial charge in [-0.1, -0.05) is 30.3 Å². The van der Waals surface area contributed by atoms with Gasteiger partial charge in [-0.3, -0.25) is 9.59 Å². The van der Waals surface area contributed by atoms with E-state index >= 15 is 0 Å². The smallest absolute Gasteiger partial charge is 0.234 e. The molecule has 1 heterocycles. The molecule has 2 rings (SSSR count). The van der Waals surface area contributed by atoms with Crippen molar-refractivity contribution in [2.75, 3.05) is 6.54 Å². The molecule has 5 heteroatoms. The number of hydrogen-bond acceptors (Lipinski definition) is 4. The van der Waals surface area contributed by atoms with Gasteiger partial charge in [0.25, 0.3) is 0 Å². The summed E-state index contributed by atoms with van der Waals surface area (Å²) in [7, 11) is 0. The van der Waals surface area contributed by atoms with Crippen LogP contribution in [0.2, 0.25) is 0 Å². The maximum Gasteiger partial charge on any atom is 0.234 e. The first-order chi connectivity index (χ1) is 10.1. The standard InChI is InChI=1S/C16H21N2O3/c17-16(21)13-8-12(6-7-18-13)10-15(20)14(19)9-11-4-2-1-3-5-11/h1-5,10,12-14,18-19H,6-9H2,(H2,17,21). The molecule has 0 aromatic heterocycles. The summed E-state index contributed by atoms with van der Waals surface area (Å²) in [5, 5.41) is 13.0. The number of primary amides is 1. The van der Waals surface area contributed by atoms with Crippen LogP contribution in [0, 0.1) is 12.3 Å². The second-order valence-electron chi connectivity index (χ2n) is 5.47. The number of nitrogens with two attached hydrogens (primary N) is 1. The highest BCUT2D eigenvalue weighted by Gasteiger charge is 2.28. The van der Waals surface area contributed by atoms with E-state index in [0.29, 0.717) is 19.4 Å². The zero-order valence-electron chi connectivity index (χ0n) is 11.9. The van der Waals surface area contributed by atoms with Gasteiger partial charge in [-0.15, -0.1) is 0 Å². The molecule has 0 aliphatic carbocycles. The Morgan fingerprint density at radius 3 is 2.76 bits per heavy atom. The van der Waals surface area contributed by atoms with Gasteiger partial charge in [-0.2, -0.15) is 0 Å². The summed E-state index contributed by atoms with van der Waals surface area (Å²) in [6.45, 7) is 0.650. The van der Waals surface area contributed by atoms with Gasteiger partial charge in [0, 0.05) is 12.8 Å². The SMILES string of the molecule is NC(=O)C1CC([CH]C(=O)C(O)Cc2ccccc2)CCN1. The van der Waals surface area contributed by atoms with Crippen molar-refractivity contribution in [3.63, 3.8) is 0 Å². The number of piperidine rings is 1. The van der Waals surface area contributed by atoms with E-state index in [4.69, 9.17) is 5.73 Å². The fourth-order valence-electron chi connectivity index (χ4n) is 2.60. The number of ketones is 1. The molecule has 1 radical (unpaired) electrons. The summed E-state index contributed by atoms with van der Waals surface area (Å²) in [4.78, 5) is 23.2. The Bertz CT molecular complexity index is 490. The Balaban J connectivity index is 1.84. The predicted octanol–water partition coefficient (Wildman–Crippen LogP) is 0.217. The molecule has 1 aromatic carbocycles. The molecule has 5 nitrogen and oxygen atoms in total. The van der Waals surface area contributed by atoms with E-state index in [0.717, 1.165) is 12.0 Å². The third-order valence-electron chi connectivity index (χ3n) is 3.79. The van der Waals surface area contributed by atoms with E-state index in [1.165, 1.54) is 0 Å². The minimum Gasteiger partial charge on any atom is -0.385 e. The molecular weight excluding hydrogens is 268 g/mol. The molecule has 113 valence electrons. The van der Waals surface area contributed by atoms with Crippen LogP contribution < -0.4 is 11.1 Å². The Morgan fingerprint density at radius 1 is 1.38 bits per heavy atom. The van der Waals surface area contributed by atoms with Gasteiger partial charge < -0.3 is 16.2 Å². The third kappa shape index (κ3) is 4.65. The highest BCUT2D eigenvalue weighted by Crippen LogP contribution is 2.20. The van der Waals surface area contributed by atoms with E-state index in [-0.39, 0.29) is 17.7 Å². The fraction of sp³-hybridized carbons (Fsp3) is 0.438. The van der Waals surface area contributed by atoms with E-state index in [9.17, 15) is 14.7 Å². The molecular formula is C16H21N2O3. The molecule has 3 atom stereocenters. The lowest BCUT2D eigenvalue weighted by Gasteiger charge is -2.28. The molecule has 0 bridgehead atoms. The summed E-state index contributed by atoms with van der Waals surface area (Å²) < 4.78 is 0. The monoisotopic (exact) mass is 289 g/mol. The van der Waals surface area contributed by atoms with Crippen molar-refractivity contribution in [3.8, 4) is 0 Å². The lowest BCUT2D eigenvalue weighted by atomic mass is 9.86. The summed E-state index contributed by atoms with van der Waals surface area (Å²) in [6, 6.07) is 9.01. The number of amides is 1. The van der Waals surface area contributed by atoms with Crippen molar-refractivity contribution in [2.24, 2.45) is 11.7 Å². The van der Waals surface area contributed by atoms with Crippen LogP contribution in [0.15, 0.2) is 30.3 Å². The molecule has 1 aromatic rings. The van der Waals surface area contributed by atoms with E-state index in [1.807, 2.05) is 30.3 Å². The van der Waals surface area contributed by atoms with Crippen LogP contribution in [0.5, 0.6) is 0 Å². The molecule has 1 aliphatic rings. The first-order valence-electron chi connectivity index (χ1n) is 7.19. The van der Waals surface area contributed by atoms with Crippen molar-refractivity contribution in [3.05, 3.63) is 42.3 Å². The molecule has 1 saturated heterocycles. The molecule has 1 fully saturated rings. The molecule has 0 saturated carbocycles. The predicted molar refractivity (Wildman–Crippen MR) is 79.2 cm³/mol. The van der Waals surface area contributed by atoms with E-state index in [1.54, 1.807) is 6.42 Å². The fourth-order valence-corrected chi connectivity index (χ4v) is 2.60. The maximum atomic E-state index is 12.0. The van der Waals surface area contributed by atoms with Crippen molar-refractivity contribution < 1.29 is 14.7 Å². The number of nitrogens with one attached hydrogen (secondary N) is 1. The van der Waals surface area contributed by atoms with Gasteiger partial charge in [0.1, 0.15) is 6.10 Å². The van der Waals surface area contributed by atoms with E-state index < -0.39 is 12.0 Å². The highest BCUT2D eigenvalue weighted by molar-refractivity contribution is 5.91. The number of aliphatic hydroxyl groups excluding tert-OH is 1. The van der Waals surface area contributed by atoms with Crippen LogP contribution >= 0.6 is 0 Å². The van der Waals surface area contributed by atoms with Gasteiger partial charge >= 0.3 is 0 Å². The van der Waals surface area contributed by atoms with Crippen LogP contribution in [0.3, 0.4) is 0 Å². The Labute approximate surface area is 124 Å². The average molecular weight is 289 g/mol.